The molecular weight excluding hydrogens is 244 g/mol. The minimum Gasteiger partial charge on any atom is -0.0628 e. The molecule has 0 N–H and O–H groups in total. The Hall–Kier alpha value is -1.34. The van der Waals surface area contributed by atoms with E-state index in [0.29, 0.717) is 5.92 Å². The van der Waals surface area contributed by atoms with Crippen molar-refractivity contribution in [3.05, 3.63) is 78.7 Å². The minimum atomic E-state index is 0.108. The van der Waals surface area contributed by atoms with Crippen molar-refractivity contribution in [1.82, 2.24) is 0 Å². The van der Waals surface area contributed by atoms with Crippen molar-refractivity contribution in [3.63, 3.8) is 0 Å². The Morgan fingerprint density at radius 2 is 1.37 bits per heavy atom. The predicted molar refractivity (Wildman–Crippen MR) is 87.5 cm³/mol. The third-order valence-electron chi connectivity index (χ3n) is 3.65. The Kier molecular flexibility index (Phi) is 5.89. The Labute approximate surface area is 119 Å². The molecule has 19 heavy (non-hydrogen) atoms. The summed E-state index contributed by atoms with van der Waals surface area (Å²) in [5, 5.41) is 0. The SMILES string of the molecule is [CH2]C[SiH2]CCCC(c1ccccc1)c1ccccc1. The molecule has 0 saturated carbocycles. The number of hydrogen-bond donors (Lipinski definition) is 0. The maximum atomic E-state index is 3.98. The van der Waals surface area contributed by atoms with Crippen LogP contribution < -0.4 is 0 Å². The molecule has 2 aromatic carbocycles. The van der Waals surface area contributed by atoms with Gasteiger partial charge in [0.25, 0.3) is 0 Å². The molecular formula is C18H23Si. The van der Waals surface area contributed by atoms with Crippen LogP contribution in [0, 0.1) is 6.92 Å². The van der Waals surface area contributed by atoms with E-state index < -0.39 is 0 Å². The molecule has 0 amide bonds. The highest BCUT2D eigenvalue weighted by molar-refractivity contribution is 6.35. The summed E-state index contributed by atoms with van der Waals surface area (Å²) in [7, 11) is 0.108. The van der Waals surface area contributed by atoms with Gasteiger partial charge in [-0.25, -0.2) is 0 Å². The van der Waals surface area contributed by atoms with Crippen molar-refractivity contribution in [3.8, 4) is 0 Å². The second-order valence-corrected chi connectivity index (χ2v) is 7.20. The summed E-state index contributed by atoms with van der Waals surface area (Å²) in [4.78, 5) is 0. The van der Waals surface area contributed by atoms with Gasteiger partial charge in [0.2, 0.25) is 0 Å². The standard InChI is InChI=1S/C18H23Si/c1-2-19-15-9-14-18(16-10-5-3-6-11-16)17-12-7-4-8-13-17/h3-8,10-13,18H,1-2,9,14-15,19H2. The van der Waals surface area contributed by atoms with Crippen LogP contribution in [0.25, 0.3) is 0 Å². The van der Waals surface area contributed by atoms with Crippen LogP contribution in [0.15, 0.2) is 60.7 Å². The van der Waals surface area contributed by atoms with Crippen molar-refractivity contribution in [2.75, 3.05) is 0 Å². The molecule has 0 aliphatic rings. The molecule has 0 aliphatic carbocycles. The lowest BCUT2D eigenvalue weighted by molar-refractivity contribution is 0.696. The molecule has 1 heteroatoms. The highest BCUT2D eigenvalue weighted by Crippen LogP contribution is 2.29. The number of benzene rings is 2. The van der Waals surface area contributed by atoms with Crippen molar-refractivity contribution >= 4 is 9.52 Å². The van der Waals surface area contributed by atoms with E-state index in [1.54, 1.807) is 0 Å². The van der Waals surface area contributed by atoms with Gasteiger partial charge in [-0.2, -0.15) is 0 Å². The van der Waals surface area contributed by atoms with Crippen LogP contribution in [0.2, 0.25) is 12.1 Å². The topological polar surface area (TPSA) is 0 Å². The third kappa shape index (κ3) is 4.36. The van der Waals surface area contributed by atoms with Gasteiger partial charge in [-0.05, 0) is 17.5 Å². The lowest BCUT2D eigenvalue weighted by atomic mass is 9.88. The fourth-order valence-electron chi connectivity index (χ4n) is 2.60. The average Bonchev–Trinajstić information content (AvgIpc) is 2.49. The van der Waals surface area contributed by atoms with E-state index in [1.165, 1.54) is 36.1 Å². The van der Waals surface area contributed by atoms with Crippen LogP contribution in [0.5, 0.6) is 0 Å². The van der Waals surface area contributed by atoms with Crippen molar-refractivity contribution in [1.29, 1.82) is 0 Å². The van der Waals surface area contributed by atoms with Gasteiger partial charge in [0, 0.05) is 15.4 Å². The molecule has 1 radical (unpaired) electrons. The first-order valence-electron chi connectivity index (χ1n) is 7.31. The van der Waals surface area contributed by atoms with E-state index >= 15 is 0 Å². The van der Waals surface area contributed by atoms with Gasteiger partial charge in [-0.1, -0.05) is 86.1 Å². The third-order valence-corrected chi connectivity index (χ3v) is 5.15. The van der Waals surface area contributed by atoms with E-state index in [0.717, 1.165) is 0 Å². The molecule has 0 spiro atoms. The second-order valence-electron chi connectivity index (χ2n) is 5.08. The Morgan fingerprint density at radius 3 is 1.84 bits per heavy atom. The van der Waals surface area contributed by atoms with Gasteiger partial charge in [0.05, 0.1) is 0 Å². The molecule has 0 fully saturated rings. The van der Waals surface area contributed by atoms with Gasteiger partial charge < -0.3 is 0 Å². The summed E-state index contributed by atoms with van der Waals surface area (Å²) < 4.78 is 0. The summed E-state index contributed by atoms with van der Waals surface area (Å²) in [6.45, 7) is 3.98. The molecule has 0 atom stereocenters. The second kappa shape index (κ2) is 7.95. The summed E-state index contributed by atoms with van der Waals surface area (Å²) in [6.07, 6.45) is 2.61. The molecule has 2 rings (SSSR count). The Morgan fingerprint density at radius 1 is 0.842 bits per heavy atom. The van der Waals surface area contributed by atoms with E-state index in [1.807, 2.05) is 0 Å². The average molecular weight is 267 g/mol. The van der Waals surface area contributed by atoms with Gasteiger partial charge in [0.15, 0.2) is 0 Å². The molecule has 0 aromatic heterocycles. The first-order valence-corrected chi connectivity index (χ1v) is 9.31. The summed E-state index contributed by atoms with van der Waals surface area (Å²) in [5.41, 5.74) is 2.90. The van der Waals surface area contributed by atoms with Crippen LogP contribution in [0.4, 0.5) is 0 Å². The number of hydrogen-bond acceptors (Lipinski definition) is 0. The lowest BCUT2D eigenvalue weighted by Gasteiger charge is -2.18. The van der Waals surface area contributed by atoms with Gasteiger partial charge >= 0.3 is 0 Å². The van der Waals surface area contributed by atoms with Crippen LogP contribution in [-0.2, 0) is 0 Å². The fraction of sp³-hybridized carbons (Fsp3) is 0.278. The first kappa shape index (κ1) is 14.1. The van der Waals surface area contributed by atoms with E-state index in [4.69, 9.17) is 0 Å². The van der Waals surface area contributed by atoms with Crippen LogP contribution in [-0.4, -0.2) is 9.52 Å². The molecule has 0 bridgehead atoms. The smallest absolute Gasteiger partial charge is 0.0197 e. The minimum absolute atomic E-state index is 0.108. The molecule has 0 nitrogen and oxygen atoms in total. The maximum absolute atomic E-state index is 3.98. The highest BCUT2D eigenvalue weighted by Gasteiger charge is 2.12. The Balaban J connectivity index is 2.10. The predicted octanol–water partition coefficient (Wildman–Crippen LogP) is 4.44. The van der Waals surface area contributed by atoms with Crippen LogP contribution in [0.3, 0.4) is 0 Å². The molecule has 0 saturated heterocycles. The molecule has 0 aliphatic heterocycles. The van der Waals surface area contributed by atoms with Crippen LogP contribution in [0.1, 0.15) is 29.9 Å². The maximum Gasteiger partial charge on any atom is 0.0197 e. The first-order chi connectivity index (χ1) is 9.42. The van der Waals surface area contributed by atoms with Crippen molar-refractivity contribution in [2.45, 2.75) is 30.8 Å². The molecule has 99 valence electrons. The zero-order chi connectivity index (χ0) is 13.3. The van der Waals surface area contributed by atoms with Gasteiger partial charge in [-0.3, -0.25) is 0 Å². The zero-order valence-electron chi connectivity index (χ0n) is 11.6. The molecule has 2 aromatic rings. The normalized spacial score (nSPS) is 11.5. The summed E-state index contributed by atoms with van der Waals surface area (Å²) >= 11 is 0. The zero-order valence-corrected chi connectivity index (χ0v) is 13.0. The summed E-state index contributed by atoms with van der Waals surface area (Å²) in [5.74, 6) is 0.557. The number of rotatable bonds is 7. The Bertz CT molecular complexity index is 410. The van der Waals surface area contributed by atoms with E-state index in [2.05, 4.69) is 67.6 Å². The van der Waals surface area contributed by atoms with E-state index in [9.17, 15) is 0 Å². The van der Waals surface area contributed by atoms with Gasteiger partial charge in [0.1, 0.15) is 0 Å². The summed E-state index contributed by atoms with van der Waals surface area (Å²) in [6, 6.07) is 24.5. The van der Waals surface area contributed by atoms with Crippen LogP contribution >= 0.6 is 0 Å². The quantitative estimate of drug-likeness (QED) is 0.514. The lowest BCUT2D eigenvalue weighted by Crippen LogP contribution is -2.01. The molecule has 0 heterocycles. The van der Waals surface area contributed by atoms with Crippen molar-refractivity contribution < 1.29 is 0 Å². The van der Waals surface area contributed by atoms with Gasteiger partial charge in [-0.15, -0.1) is 0 Å². The highest BCUT2D eigenvalue weighted by atomic mass is 28.2. The fourth-order valence-corrected chi connectivity index (χ4v) is 3.59. The largest absolute Gasteiger partial charge is 0.0628 e. The van der Waals surface area contributed by atoms with Crippen molar-refractivity contribution in [2.24, 2.45) is 0 Å². The molecule has 0 unspecified atom stereocenters. The monoisotopic (exact) mass is 267 g/mol. The van der Waals surface area contributed by atoms with E-state index in [-0.39, 0.29) is 9.52 Å².